The largest absolute Gasteiger partial charge is 0.496 e. The normalized spacial score (nSPS) is 15.8. The second-order valence-corrected chi connectivity index (χ2v) is 8.90. The van der Waals surface area contributed by atoms with Crippen molar-refractivity contribution in [1.29, 1.82) is 0 Å². The van der Waals surface area contributed by atoms with E-state index < -0.39 is 0 Å². The molecule has 1 aliphatic rings. The molecule has 2 aromatic heterocycles. The third-order valence-electron chi connectivity index (χ3n) is 6.66. The summed E-state index contributed by atoms with van der Waals surface area (Å²) < 4.78 is 21.8. The van der Waals surface area contributed by atoms with E-state index in [1.807, 2.05) is 30.3 Å². The number of pyridine rings is 1. The Kier molecular flexibility index (Phi) is 9.45. The van der Waals surface area contributed by atoms with Crippen molar-refractivity contribution in [3.05, 3.63) is 35.9 Å². The van der Waals surface area contributed by atoms with Crippen LogP contribution in [0.2, 0.25) is 0 Å². The molecule has 10 heteroatoms. The van der Waals surface area contributed by atoms with Crippen molar-refractivity contribution in [2.75, 3.05) is 77.2 Å². The highest BCUT2D eigenvalue weighted by molar-refractivity contribution is 5.90. The van der Waals surface area contributed by atoms with Crippen molar-refractivity contribution in [1.82, 2.24) is 15.0 Å². The minimum Gasteiger partial charge on any atom is -0.496 e. The molecule has 1 aliphatic heterocycles. The first-order valence-corrected chi connectivity index (χ1v) is 12.7. The zero-order valence-electron chi connectivity index (χ0n) is 22.1. The molecule has 3 aromatic rings. The lowest BCUT2D eigenvalue weighted by Crippen LogP contribution is -2.46. The summed E-state index contributed by atoms with van der Waals surface area (Å²) in [5.74, 6) is 2.09. The lowest BCUT2D eigenvalue weighted by atomic mass is 10.1. The van der Waals surface area contributed by atoms with Crippen molar-refractivity contribution in [2.24, 2.45) is 0 Å². The summed E-state index contributed by atoms with van der Waals surface area (Å²) in [5.41, 5.74) is 2.95. The number of methoxy groups -OCH3 is 3. The summed E-state index contributed by atoms with van der Waals surface area (Å²) in [4.78, 5) is 19.3. The molecule has 10 nitrogen and oxygen atoms in total. The second-order valence-electron chi connectivity index (χ2n) is 8.90. The Bertz CT molecular complexity index is 1170. The molecular formula is C27H37N5O5. The van der Waals surface area contributed by atoms with Gasteiger partial charge in [0.05, 0.1) is 57.3 Å². The molecule has 1 aromatic carbocycles. The van der Waals surface area contributed by atoms with Gasteiger partial charge in [-0.1, -0.05) is 6.92 Å². The van der Waals surface area contributed by atoms with Gasteiger partial charge in [-0.05, 0) is 36.8 Å². The molecule has 200 valence electrons. The summed E-state index contributed by atoms with van der Waals surface area (Å²) in [5, 5.41) is 10.7. The number of hydrogen-bond donors (Lipinski definition) is 1. The average molecular weight is 512 g/mol. The molecule has 1 N–H and O–H groups in total. The number of benzene rings is 1. The van der Waals surface area contributed by atoms with E-state index in [2.05, 4.69) is 16.7 Å². The fourth-order valence-electron chi connectivity index (χ4n) is 4.55. The molecule has 0 saturated carbocycles. The van der Waals surface area contributed by atoms with Crippen LogP contribution < -0.4 is 14.5 Å². The Labute approximate surface area is 218 Å². The SMILES string of the molecule is CC[C@H]1COCCN1c1nc(N(CCOC)CCOC)nc2nc(-c3ccc(OC)c(CO)c3)ccc12. The second kappa shape index (κ2) is 13.0. The van der Waals surface area contributed by atoms with Gasteiger partial charge in [0, 0.05) is 45.0 Å². The number of rotatable bonds is 12. The van der Waals surface area contributed by atoms with Gasteiger partial charge in [0.2, 0.25) is 5.95 Å². The van der Waals surface area contributed by atoms with Gasteiger partial charge in [-0.15, -0.1) is 0 Å². The number of aliphatic hydroxyl groups is 1. The number of aliphatic hydroxyl groups excluding tert-OH is 1. The predicted molar refractivity (Wildman–Crippen MR) is 143 cm³/mol. The van der Waals surface area contributed by atoms with Gasteiger partial charge < -0.3 is 33.9 Å². The summed E-state index contributed by atoms with van der Waals surface area (Å²) in [6.45, 7) is 6.44. The van der Waals surface area contributed by atoms with Gasteiger partial charge in [-0.2, -0.15) is 9.97 Å². The number of aromatic nitrogens is 3. The number of morpholine rings is 1. The van der Waals surface area contributed by atoms with Crippen LogP contribution in [0.15, 0.2) is 30.3 Å². The Hall–Kier alpha value is -3.05. The Balaban J connectivity index is 1.85. The molecule has 0 aliphatic carbocycles. The van der Waals surface area contributed by atoms with Gasteiger partial charge in [-0.25, -0.2) is 4.98 Å². The molecule has 0 unspecified atom stereocenters. The van der Waals surface area contributed by atoms with Gasteiger partial charge in [-0.3, -0.25) is 0 Å². The molecule has 1 atom stereocenters. The topological polar surface area (TPSA) is 102 Å². The van der Waals surface area contributed by atoms with E-state index in [9.17, 15) is 5.11 Å². The number of fused-ring (bicyclic) bond motifs is 1. The third-order valence-corrected chi connectivity index (χ3v) is 6.66. The lowest BCUT2D eigenvalue weighted by Gasteiger charge is -2.37. The van der Waals surface area contributed by atoms with Crippen molar-refractivity contribution >= 4 is 22.8 Å². The molecule has 1 saturated heterocycles. The molecule has 1 fully saturated rings. The molecule has 3 heterocycles. The van der Waals surface area contributed by atoms with Crippen molar-refractivity contribution < 1.29 is 24.1 Å². The first kappa shape index (κ1) is 27.0. The van der Waals surface area contributed by atoms with E-state index in [4.69, 9.17) is 33.9 Å². The summed E-state index contributed by atoms with van der Waals surface area (Å²) >= 11 is 0. The van der Waals surface area contributed by atoms with E-state index in [0.717, 1.165) is 35.4 Å². The Morgan fingerprint density at radius 2 is 1.84 bits per heavy atom. The predicted octanol–water partition coefficient (Wildman–Crippen LogP) is 2.91. The Morgan fingerprint density at radius 3 is 2.51 bits per heavy atom. The van der Waals surface area contributed by atoms with Crippen LogP contribution in [0, 0.1) is 0 Å². The van der Waals surface area contributed by atoms with E-state index in [1.165, 1.54) is 0 Å². The first-order chi connectivity index (χ1) is 18.1. The standard InChI is InChI=1S/C27H37N5O5/c1-5-21-18-37-15-12-32(21)26-22-7-8-23(19-6-9-24(36-4)20(16-19)17-33)28-25(22)29-27(30-26)31(10-13-34-2)11-14-35-3/h6-9,16,21,33H,5,10-15,17-18H2,1-4H3/t21-/m0/s1. The maximum absolute atomic E-state index is 9.80. The maximum atomic E-state index is 9.80. The van der Waals surface area contributed by atoms with E-state index in [-0.39, 0.29) is 12.6 Å². The monoisotopic (exact) mass is 511 g/mol. The van der Waals surface area contributed by atoms with Crippen molar-refractivity contribution in [3.8, 4) is 17.0 Å². The highest BCUT2D eigenvalue weighted by Gasteiger charge is 2.26. The smallest absolute Gasteiger partial charge is 0.229 e. The number of hydrogen-bond acceptors (Lipinski definition) is 10. The fourth-order valence-corrected chi connectivity index (χ4v) is 4.55. The van der Waals surface area contributed by atoms with Gasteiger partial charge in [0.25, 0.3) is 0 Å². The first-order valence-electron chi connectivity index (χ1n) is 12.7. The van der Waals surface area contributed by atoms with Crippen LogP contribution in [0.1, 0.15) is 18.9 Å². The summed E-state index contributed by atoms with van der Waals surface area (Å²) in [6, 6.07) is 9.92. The van der Waals surface area contributed by atoms with Crippen molar-refractivity contribution in [2.45, 2.75) is 26.0 Å². The van der Waals surface area contributed by atoms with Crippen LogP contribution >= 0.6 is 0 Å². The molecule has 37 heavy (non-hydrogen) atoms. The van der Waals surface area contributed by atoms with Crippen LogP contribution in [-0.2, 0) is 20.8 Å². The molecule has 0 bridgehead atoms. The molecule has 4 rings (SSSR count). The number of anilines is 2. The highest BCUT2D eigenvalue weighted by atomic mass is 16.5. The van der Waals surface area contributed by atoms with E-state index >= 15 is 0 Å². The van der Waals surface area contributed by atoms with Crippen LogP contribution in [0.3, 0.4) is 0 Å². The number of nitrogens with zero attached hydrogens (tertiary/aromatic N) is 5. The quantitative estimate of drug-likeness (QED) is 0.390. The van der Waals surface area contributed by atoms with Crippen LogP contribution in [0.25, 0.3) is 22.3 Å². The van der Waals surface area contributed by atoms with E-state index in [1.54, 1.807) is 21.3 Å². The van der Waals surface area contributed by atoms with Crippen molar-refractivity contribution in [3.63, 3.8) is 0 Å². The number of ether oxygens (including phenoxy) is 4. The molecule has 0 radical (unpaired) electrons. The van der Waals surface area contributed by atoms with Gasteiger partial charge in [0.15, 0.2) is 5.65 Å². The zero-order valence-corrected chi connectivity index (χ0v) is 22.1. The molecule has 0 amide bonds. The summed E-state index contributed by atoms with van der Waals surface area (Å²) in [7, 11) is 4.96. The summed E-state index contributed by atoms with van der Waals surface area (Å²) in [6.07, 6.45) is 0.944. The van der Waals surface area contributed by atoms with E-state index in [0.29, 0.717) is 62.4 Å². The minimum absolute atomic E-state index is 0.121. The zero-order chi connectivity index (χ0) is 26.2. The van der Waals surface area contributed by atoms with Gasteiger partial charge >= 0.3 is 0 Å². The molecular weight excluding hydrogens is 474 g/mol. The minimum atomic E-state index is -0.121. The Morgan fingerprint density at radius 1 is 1.05 bits per heavy atom. The fraction of sp³-hybridized carbons (Fsp3) is 0.519. The van der Waals surface area contributed by atoms with Crippen LogP contribution in [0.5, 0.6) is 5.75 Å². The van der Waals surface area contributed by atoms with Crippen LogP contribution in [0.4, 0.5) is 11.8 Å². The average Bonchev–Trinajstić information content (AvgIpc) is 2.95. The third kappa shape index (κ3) is 6.10. The van der Waals surface area contributed by atoms with Crippen LogP contribution in [-0.4, -0.2) is 93.5 Å². The lowest BCUT2D eigenvalue weighted by molar-refractivity contribution is 0.0927. The van der Waals surface area contributed by atoms with Gasteiger partial charge in [0.1, 0.15) is 11.6 Å². The molecule has 0 spiro atoms. The maximum Gasteiger partial charge on any atom is 0.229 e. The highest BCUT2D eigenvalue weighted by Crippen LogP contribution is 2.32.